The number of rotatable bonds is 5. The lowest BCUT2D eigenvalue weighted by atomic mass is 10.1. The van der Waals surface area contributed by atoms with E-state index in [1.165, 1.54) is 11.6 Å². The zero-order chi connectivity index (χ0) is 14.4. The van der Waals surface area contributed by atoms with E-state index in [0.29, 0.717) is 5.56 Å². The Morgan fingerprint density at radius 1 is 1.15 bits per heavy atom. The molecule has 2 aromatic carbocycles. The summed E-state index contributed by atoms with van der Waals surface area (Å²) in [5, 5.41) is 10.9. The molecule has 0 aromatic heterocycles. The molecule has 0 saturated carbocycles. The highest BCUT2D eigenvalue weighted by atomic mass is 16.6. The van der Waals surface area contributed by atoms with E-state index in [0.717, 1.165) is 6.42 Å². The number of benzene rings is 2. The summed E-state index contributed by atoms with van der Waals surface area (Å²) >= 11 is 0. The minimum Gasteiger partial charge on any atom is -0.289 e. The molecule has 0 unspecified atom stereocenters. The van der Waals surface area contributed by atoms with Crippen molar-refractivity contribution in [1.82, 2.24) is 0 Å². The molecule has 102 valence electrons. The molecule has 20 heavy (non-hydrogen) atoms. The Balaban J connectivity index is 2.08. The highest BCUT2D eigenvalue weighted by Crippen LogP contribution is 2.15. The van der Waals surface area contributed by atoms with Gasteiger partial charge in [-0.15, -0.1) is 0 Å². The number of hydrogen-bond acceptors (Lipinski definition) is 3. The fraction of sp³-hybridized carbons (Fsp3) is 0.188. The summed E-state index contributed by atoms with van der Waals surface area (Å²) in [7, 11) is 0. The van der Waals surface area contributed by atoms with Crippen molar-refractivity contribution in [2.24, 2.45) is 4.99 Å². The first-order valence-electron chi connectivity index (χ1n) is 6.47. The smallest absolute Gasteiger partial charge is 0.278 e. The van der Waals surface area contributed by atoms with Gasteiger partial charge in [-0.2, -0.15) is 0 Å². The second kappa shape index (κ2) is 6.61. The molecule has 0 amide bonds. The second-order valence-corrected chi connectivity index (χ2v) is 4.63. The number of hydrogen-bond donors (Lipinski definition) is 0. The van der Waals surface area contributed by atoms with Crippen LogP contribution in [0.1, 0.15) is 18.1 Å². The average molecular weight is 268 g/mol. The summed E-state index contributed by atoms with van der Waals surface area (Å²) in [5.74, 6) is 0. The summed E-state index contributed by atoms with van der Waals surface area (Å²) in [6.45, 7) is 2.00. The van der Waals surface area contributed by atoms with E-state index in [9.17, 15) is 10.1 Å². The first-order valence-corrected chi connectivity index (χ1v) is 6.47. The zero-order valence-corrected chi connectivity index (χ0v) is 11.3. The van der Waals surface area contributed by atoms with Crippen molar-refractivity contribution in [2.75, 3.05) is 0 Å². The molecule has 4 nitrogen and oxygen atoms in total. The fourth-order valence-corrected chi connectivity index (χ4v) is 1.98. The number of aliphatic imine (C=N–C) groups is 1. The van der Waals surface area contributed by atoms with Gasteiger partial charge < -0.3 is 0 Å². The summed E-state index contributed by atoms with van der Waals surface area (Å²) in [6.07, 6.45) is 2.41. The van der Waals surface area contributed by atoms with E-state index in [4.69, 9.17) is 0 Å². The number of nitro groups is 1. The first kappa shape index (κ1) is 13.9. The van der Waals surface area contributed by atoms with Crippen LogP contribution in [-0.4, -0.2) is 17.2 Å². The Kier molecular flexibility index (Phi) is 4.60. The molecule has 4 heteroatoms. The van der Waals surface area contributed by atoms with E-state index in [1.807, 2.05) is 25.1 Å². The first-order chi connectivity index (χ1) is 9.66. The van der Waals surface area contributed by atoms with Crippen molar-refractivity contribution in [3.63, 3.8) is 0 Å². The molecule has 0 spiro atoms. The van der Waals surface area contributed by atoms with Gasteiger partial charge in [-0.05, 0) is 25.0 Å². The van der Waals surface area contributed by atoms with Gasteiger partial charge in [0.05, 0.1) is 16.5 Å². The van der Waals surface area contributed by atoms with Crippen molar-refractivity contribution >= 4 is 11.9 Å². The molecule has 0 saturated heterocycles. The lowest BCUT2D eigenvalue weighted by Crippen LogP contribution is -2.04. The van der Waals surface area contributed by atoms with Gasteiger partial charge in [0, 0.05) is 12.3 Å². The standard InChI is InChI=1S/C16H16N2O2/c1-13(11-14-7-3-2-4-8-14)17-12-15-9-5-6-10-16(15)18(19)20/h2-10,12-13H,11H2,1H3/t13-/m0/s1. The van der Waals surface area contributed by atoms with E-state index < -0.39 is 0 Å². The third kappa shape index (κ3) is 3.75. The number of para-hydroxylation sites is 1. The Morgan fingerprint density at radius 2 is 1.80 bits per heavy atom. The van der Waals surface area contributed by atoms with Gasteiger partial charge >= 0.3 is 0 Å². The van der Waals surface area contributed by atoms with Gasteiger partial charge in [0.1, 0.15) is 0 Å². The summed E-state index contributed by atoms with van der Waals surface area (Å²) in [4.78, 5) is 14.9. The fourth-order valence-electron chi connectivity index (χ4n) is 1.98. The van der Waals surface area contributed by atoms with E-state index in [-0.39, 0.29) is 16.7 Å². The molecule has 0 aliphatic rings. The molecular formula is C16H16N2O2. The molecule has 0 aliphatic heterocycles. The SMILES string of the molecule is C[C@@H](Cc1ccccc1)N=Cc1ccccc1[N+](=O)[O-]. The highest BCUT2D eigenvalue weighted by Gasteiger charge is 2.10. The second-order valence-electron chi connectivity index (χ2n) is 4.63. The van der Waals surface area contributed by atoms with Crippen LogP contribution in [0.4, 0.5) is 5.69 Å². The lowest BCUT2D eigenvalue weighted by Gasteiger charge is -2.06. The molecule has 2 rings (SSSR count). The maximum absolute atomic E-state index is 10.9. The summed E-state index contributed by atoms with van der Waals surface area (Å²) < 4.78 is 0. The summed E-state index contributed by atoms with van der Waals surface area (Å²) in [5.41, 5.74) is 1.83. The minimum absolute atomic E-state index is 0.0808. The molecule has 0 bridgehead atoms. The Bertz CT molecular complexity index is 609. The van der Waals surface area contributed by atoms with Gasteiger partial charge in [-0.1, -0.05) is 42.5 Å². The highest BCUT2D eigenvalue weighted by molar-refractivity contribution is 5.85. The topological polar surface area (TPSA) is 55.5 Å². The monoisotopic (exact) mass is 268 g/mol. The quantitative estimate of drug-likeness (QED) is 0.472. The van der Waals surface area contributed by atoms with Crippen molar-refractivity contribution in [3.8, 4) is 0 Å². The Hall–Kier alpha value is -2.49. The van der Waals surface area contributed by atoms with E-state index in [2.05, 4.69) is 17.1 Å². The van der Waals surface area contributed by atoms with Crippen LogP contribution in [-0.2, 0) is 6.42 Å². The van der Waals surface area contributed by atoms with Crippen LogP contribution in [0.3, 0.4) is 0 Å². The molecule has 0 N–H and O–H groups in total. The summed E-state index contributed by atoms with van der Waals surface area (Å²) in [6, 6.07) is 16.8. The maximum Gasteiger partial charge on any atom is 0.278 e. The van der Waals surface area contributed by atoms with Crippen LogP contribution in [0.2, 0.25) is 0 Å². The molecule has 0 heterocycles. The van der Waals surface area contributed by atoms with Crippen LogP contribution in [0.15, 0.2) is 59.6 Å². The lowest BCUT2D eigenvalue weighted by molar-refractivity contribution is -0.385. The third-order valence-corrected chi connectivity index (χ3v) is 2.98. The predicted molar refractivity (Wildman–Crippen MR) is 80.3 cm³/mol. The van der Waals surface area contributed by atoms with Crippen molar-refractivity contribution in [1.29, 1.82) is 0 Å². The van der Waals surface area contributed by atoms with E-state index >= 15 is 0 Å². The Morgan fingerprint density at radius 3 is 2.50 bits per heavy atom. The minimum atomic E-state index is -0.386. The van der Waals surface area contributed by atoms with Crippen molar-refractivity contribution < 1.29 is 4.92 Å². The van der Waals surface area contributed by atoms with Crippen LogP contribution in [0.5, 0.6) is 0 Å². The van der Waals surface area contributed by atoms with E-state index in [1.54, 1.807) is 24.4 Å². The van der Waals surface area contributed by atoms with Crippen LogP contribution >= 0.6 is 0 Å². The van der Waals surface area contributed by atoms with Gasteiger partial charge in [-0.25, -0.2) is 0 Å². The molecule has 0 aliphatic carbocycles. The Labute approximate surface area is 117 Å². The van der Waals surface area contributed by atoms with Crippen LogP contribution < -0.4 is 0 Å². The average Bonchev–Trinajstić information content (AvgIpc) is 2.46. The predicted octanol–water partition coefficient (Wildman–Crippen LogP) is 3.64. The number of nitrogens with zero attached hydrogens (tertiary/aromatic N) is 2. The largest absolute Gasteiger partial charge is 0.289 e. The number of nitro benzene ring substituents is 1. The van der Waals surface area contributed by atoms with Gasteiger partial charge in [-0.3, -0.25) is 15.1 Å². The third-order valence-electron chi connectivity index (χ3n) is 2.98. The van der Waals surface area contributed by atoms with Crippen LogP contribution in [0, 0.1) is 10.1 Å². The van der Waals surface area contributed by atoms with Crippen molar-refractivity contribution in [3.05, 3.63) is 75.8 Å². The van der Waals surface area contributed by atoms with Gasteiger partial charge in [0.2, 0.25) is 0 Å². The molecule has 2 aromatic rings. The zero-order valence-electron chi connectivity index (χ0n) is 11.3. The maximum atomic E-state index is 10.9. The van der Waals surface area contributed by atoms with Gasteiger partial charge in [0.15, 0.2) is 0 Å². The molecule has 0 fully saturated rings. The van der Waals surface area contributed by atoms with Crippen molar-refractivity contribution in [2.45, 2.75) is 19.4 Å². The molecule has 0 radical (unpaired) electrons. The molecular weight excluding hydrogens is 252 g/mol. The normalized spacial score (nSPS) is 12.4. The van der Waals surface area contributed by atoms with Crippen LogP contribution in [0.25, 0.3) is 0 Å². The molecule has 1 atom stereocenters. The van der Waals surface area contributed by atoms with Gasteiger partial charge in [0.25, 0.3) is 5.69 Å².